The molecule has 2 aromatic rings. The van der Waals surface area contributed by atoms with E-state index in [0.717, 1.165) is 50.1 Å². The van der Waals surface area contributed by atoms with Gasteiger partial charge in [0.2, 0.25) is 0 Å². The number of aromatic nitrogens is 1. The molecular weight excluding hydrogens is 523 g/mol. The van der Waals surface area contributed by atoms with Gasteiger partial charge in [0.1, 0.15) is 5.82 Å². The minimum Gasteiger partial charge on any atom is -0.459 e. The number of hydrogen-bond acceptors (Lipinski definition) is 6. The average Bonchev–Trinajstić information content (AvgIpc) is 3.35. The van der Waals surface area contributed by atoms with Crippen LogP contribution in [0.15, 0.2) is 46.1 Å². The molecule has 2 saturated heterocycles. The molecule has 0 spiro atoms. The molecule has 32 heavy (non-hydrogen) atoms. The summed E-state index contributed by atoms with van der Waals surface area (Å²) in [6.07, 6.45) is 3.67. The van der Waals surface area contributed by atoms with E-state index in [9.17, 15) is 4.79 Å². The first-order valence-electron chi connectivity index (χ1n) is 10.7. The zero-order valence-corrected chi connectivity index (χ0v) is 20.9. The lowest BCUT2D eigenvalue weighted by molar-refractivity contribution is 0.0529. The molecule has 0 radical (unpaired) electrons. The fraction of sp³-hybridized carbons (Fsp3) is 0.500. The highest BCUT2D eigenvalue weighted by atomic mass is 127. The van der Waals surface area contributed by atoms with Crippen LogP contribution in [0.3, 0.4) is 0 Å². The van der Waals surface area contributed by atoms with Gasteiger partial charge in [-0.25, -0.2) is 4.98 Å². The Balaban J connectivity index is 0.00000289. The molecule has 0 bridgehead atoms. The quantitative estimate of drug-likeness (QED) is 0.352. The second-order valence-corrected chi connectivity index (χ2v) is 7.81. The number of pyridine rings is 1. The monoisotopic (exact) mass is 554 g/mol. The van der Waals surface area contributed by atoms with Crippen molar-refractivity contribution >= 4 is 41.7 Å². The Labute approximate surface area is 205 Å². The normalized spacial score (nSPS) is 19.5. The lowest BCUT2D eigenvalue weighted by Gasteiger charge is -2.36. The minimum absolute atomic E-state index is 0. The summed E-state index contributed by atoms with van der Waals surface area (Å²) < 4.78 is 10.8. The number of halogens is 1. The highest BCUT2D eigenvalue weighted by molar-refractivity contribution is 14.0. The topological polar surface area (TPSA) is 86.4 Å². The number of anilines is 1. The number of carbonyl (C=O) groups excluding carboxylic acids is 1. The predicted molar refractivity (Wildman–Crippen MR) is 134 cm³/mol. The molecular formula is C22H31IN6O3. The predicted octanol–water partition coefficient (Wildman–Crippen LogP) is 2.05. The molecule has 4 heterocycles. The molecule has 0 aliphatic carbocycles. The van der Waals surface area contributed by atoms with Crippen molar-refractivity contribution in [2.45, 2.75) is 19.6 Å². The fourth-order valence-corrected chi connectivity index (χ4v) is 3.93. The molecule has 2 aromatic heterocycles. The van der Waals surface area contributed by atoms with E-state index in [0.29, 0.717) is 25.4 Å². The van der Waals surface area contributed by atoms with Crippen molar-refractivity contribution in [2.24, 2.45) is 4.99 Å². The molecule has 0 saturated carbocycles. The number of carbonyl (C=O) groups is 1. The average molecular weight is 554 g/mol. The van der Waals surface area contributed by atoms with Gasteiger partial charge in [-0.05, 0) is 30.7 Å². The maximum atomic E-state index is 12.4. The maximum Gasteiger partial charge on any atom is 0.289 e. The summed E-state index contributed by atoms with van der Waals surface area (Å²) in [4.78, 5) is 27.7. The molecule has 9 nitrogen and oxygen atoms in total. The molecule has 2 aliphatic rings. The van der Waals surface area contributed by atoms with Crippen molar-refractivity contribution in [3.63, 3.8) is 0 Å². The Bertz CT molecular complexity index is 882. The summed E-state index contributed by atoms with van der Waals surface area (Å²) in [5.41, 5.74) is 1.10. The van der Waals surface area contributed by atoms with Gasteiger partial charge in [0.15, 0.2) is 11.7 Å². The summed E-state index contributed by atoms with van der Waals surface area (Å²) in [7, 11) is 1.78. The van der Waals surface area contributed by atoms with Crippen LogP contribution in [0.25, 0.3) is 0 Å². The molecule has 2 fully saturated rings. The van der Waals surface area contributed by atoms with Gasteiger partial charge in [0, 0.05) is 59.1 Å². The summed E-state index contributed by atoms with van der Waals surface area (Å²) in [6.45, 7) is 7.91. The highest BCUT2D eigenvalue weighted by Gasteiger charge is 2.25. The van der Waals surface area contributed by atoms with Gasteiger partial charge >= 0.3 is 0 Å². The smallest absolute Gasteiger partial charge is 0.289 e. The number of hydrogen-bond donors (Lipinski definition) is 1. The zero-order valence-electron chi connectivity index (χ0n) is 18.6. The van der Waals surface area contributed by atoms with E-state index in [1.807, 2.05) is 11.1 Å². The first-order valence-corrected chi connectivity index (χ1v) is 10.7. The minimum atomic E-state index is -0.0616. The van der Waals surface area contributed by atoms with E-state index in [-0.39, 0.29) is 36.0 Å². The Hall–Kier alpha value is -2.34. The molecule has 1 N–H and O–H groups in total. The van der Waals surface area contributed by atoms with Gasteiger partial charge in [-0.3, -0.25) is 9.79 Å². The third-order valence-electron chi connectivity index (χ3n) is 5.63. The van der Waals surface area contributed by atoms with E-state index in [2.05, 4.69) is 44.1 Å². The molecule has 10 heteroatoms. The number of furan rings is 1. The Morgan fingerprint density at radius 2 is 1.97 bits per heavy atom. The highest BCUT2D eigenvalue weighted by Crippen LogP contribution is 2.15. The lowest BCUT2D eigenvalue weighted by Crippen LogP contribution is -2.53. The second kappa shape index (κ2) is 11.5. The van der Waals surface area contributed by atoms with Gasteiger partial charge in [-0.1, -0.05) is 6.07 Å². The van der Waals surface area contributed by atoms with Crippen molar-refractivity contribution in [2.75, 3.05) is 57.8 Å². The van der Waals surface area contributed by atoms with Crippen molar-refractivity contribution in [1.29, 1.82) is 0 Å². The second-order valence-electron chi connectivity index (χ2n) is 7.81. The van der Waals surface area contributed by atoms with Gasteiger partial charge in [-0.15, -0.1) is 24.0 Å². The summed E-state index contributed by atoms with van der Waals surface area (Å²) in [6, 6.07) is 7.60. The SMILES string of the molecule is CN=C(NCc1ccc(N2CCOC(C)C2)nc1)N1CCN(C(=O)c2ccco2)CC1.I. The Kier molecular flexibility index (Phi) is 8.74. The first-order chi connectivity index (χ1) is 15.1. The number of guanidine groups is 1. The maximum absolute atomic E-state index is 12.4. The number of morpholine rings is 1. The molecule has 2 aliphatic heterocycles. The number of amides is 1. The van der Waals surface area contributed by atoms with Crippen LogP contribution in [0, 0.1) is 0 Å². The third-order valence-corrected chi connectivity index (χ3v) is 5.63. The number of nitrogens with zero attached hydrogens (tertiary/aromatic N) is 5. The first kappa shape index (κ1) is 24.3. The summed E-state index contributed by atoms with van der Waals surface area (Å²) in [5.74, 6) is 2.14. The standard InChI is InChI=1S/C22H30N6O3.HI/c1-17-16-28(11-13-30-17)20-6-5-18(14-24-20)15-25-22(23-2)27-9-7-26(8-10-27)21(29)19-4-3-12-31-19;/h3-6,12,14,17H,7-11,13,15-16H2,1-2H3,(H,23,25);1H. The van der Waals surface area contributed by atoms with Crippen LogP contribution >= 0.6 is 24.0 Å². The van der Waals surface area contributed by atoms with Crippen LogP contribution in [0.5, 0.6) is 0 Å². The van der Waals surface area contributed by atoms with Crippen molar-refractivity contribution < 1.29 is 13.9 Å². The van der Waals surface area contributed by atoms with Crippen molar-refractivity contribution in [3.05, 3.63) is 48.0 Å². The summed E-state index contributed by atoms with van der Waals surface area (Å²) >= 11 is 0. The number of nitrogens with one attached hydrogen (secondary N) is 1. The van der Waals surface area contributed by atoms with Gasteiger partial charge in [-0.2, -0.15) is 0 Å². The third kappa shape index (κ3) is 5.91. The van der Waals surface area contributed by atoms with Crippen LogP contribution in [0.2, 0.25) is 0 Å². The number of aliphatic imine (C=N–C) groups is 1. The van der Waals surface area contributed by atoms with E-state index in [4.69, 9.17) is 9.15 Å². The van der Waals surface area contributed by atoms with Crippen molar-refractivity contribution in [3.8, 4) is 0 Å². The number of piperazine rings is 1. The van der Waals surface area contributed by atoms with Crippen molar-refractivity contribution in [1.82, 2.24) is 20.1 Å². The molecule has 1 atom stereocenters. The number of ether oxygens (including phenoxy) is 1. The van der Waals surface area contributed by atoms with Crippen LogP contribution in [-0.4, -0.2) is 85.7 Å². The van der Waals surface area contributed by atoms with E-state index < -0.39 is 0 Å². The van der Waals surface area contributed by atoms with Gasteiger partial charge < -0.3 is 29.2 Å². The van der Waals surface area contributed by atoms with E-state index >= 15 is 0 Å². The Morgan fingerprint density at radius 3 is 2.59 bits per heavy atom. The van der Waals surface area contributed by atoms with Crippen LogP contribution in [0.4, 0.5) is 5.82 Å². The van der Waals surface area contributed by atoms with Gasteiger partial charge in [0.05, 0.1) is 19.0 Å². The van der Waals surface area contributed by atoms with E-state index in [1.165, 1.54) is 6.26 Å². The largest absolute Gasteiger partial charge is 0.459 e. The summed E-state index contributed by atoms with van der Waals surface area (Å²) in [5, 5.41) is 3.41. The van der Waals surface area contributed by atoms with Crippen LogP contribution < -0.4 is 10.2 Å². The Morgan fingerprint density at radius 1 is 1.19 bits per heavy atom. The lowest BCUT2D eigenvalue weighted by atomic mass is 10.2. The molecule has 174 valence electrons. The fourth-order valence-electron chi connectivity index (χ4n) is 3.93. The van der Waals surface area contributed by atoms with Crippen LogP contribution in [-0.2, 0) is 11.3 Å². The number of rotatable bonds is 4. The molecule has 1 unspecified atom stereocenters. The molecule has 4 rings (SSSR count). The van der Waals surface area contributed by atoms with Gasteiger partial charge in [0.25, 0.3) is 5.91 Å². The molecule has 0 aromatic carbocycles. The molecule has 1 amide bonds. The zero-order chi connectivity index (χ0) is 21.6. The van der Waals surface area contributed by atoms with Crippen LogP contribution in [0.1, 0.15) is 23.0 Å². The van der Waals surface area contributed by atoms with E-state index in [1.54, 1.807) is 19.2 Å².